The number of benzene rings is 2. The second kappa shape index (κ2) is 9.42. The molecule has 0 aliphatic carbocycles. The van der Waals surface area contributed by atoms with Gasteiger partial charge in [0.05, 0.1) is 23.4 Å². The summed E-state index contributed by atoms with van der Waals surface area (Å²) in [6, 6.07) is 11.9. The van der Waals surface area contributed by atoms with E-state index in [0.717, 1.165) is 44.5 Å². The lowest BCUT2D eigenvalue weighted by Crippen LogP contribution is -2.55. The number of esters is 1. The molecule has 1 fully saturated rings. The van der Waals surface area contributed by atoms with E-state index in [4.69, 9.17) is 4.74 Å². The van der Waals surface area contributed by atoms with E-state index in [1.54, 1.807) is 43.3 Å². The molecule has 2 aromatic rings. The first-order valence-electron chi connectivity index (χ1n) is 11.3. The number of carbonyl (C=O) groups is 3. The van der Waals surface area contributed by atoms with Gasteiger partial charge in [0.1, 0.15) is 6.17 Å². The lowest BCUT2D eigenvalue weighted by atomic mass is 10.0. The van der Waals surface area contributed by atoms with Crippen LogP contribution in [0.15, 0.2) is 42.5 Å². The Hall–Kier alpha value is -3.35. The monoisotopic (exact) mass is 435 g/mol. The van der Waals surface area contributed by atoms with Crippen LogP contribution in [0, 0.1) is 0 Å². The van der Waals surface area contributed by atoms with E-state index in [1.807, 2.05) is 11.0 Å². The first-order valence-corrected chi connectivity index (χ1v) is 11.3. The predicted octanol–water partition coefficient (Wildman–Crippen LogP) is 4.30. The quantitative estimate of drug-likeness (QED) is 0.709. The molecule has 0 bridgehead atoms. The van der Waals surface area contributed by atoms with E-state index >= 15 is 0 Å². The molecule has 0 spiro atoms. The molecule has 1 N–H and O–H groups in total. The summed E-state index contributed by atoms with van der Waals surface area (Å²) in [5, 5.41) is 2.85. The van der Waals surface area contributed by atoms with Gasteiger partial charge >= 0.3 is 5.97 Å². The number of anilines is 2. The Morgan fingerprint density at radius 2 is 1.91 bits per heavy atom. The molecule has 0 aromatic heterocycles. The van der Waals surface area contributed by atoms with Crippen LogP contribution in [0.4, 0.5) is 11.4 Å². The Labute approximate surface area is 188 Å². The SMILES string of the molecule is CCOC(=O)c1cccc(NC(=O)c2ccc3c(c2)N(CC)[C@H]2CCCCCN2C3=O)c1. The average Bonchev–Trinajstić information content (AvgIpc) is 3.06. The summed E-state index contributed by atoms with van der Waals surface area (Å²) in [6.45, 7) is 5.65. The zero-order chi connectivity index (χ0) is 22.7. The molecular formula is C25H29N3O4. The van der Waals surface area contributed by atoms with Gasteiger partial charge in [0, 0.05) is 24.3 Å². The van der Waals surface area contributed by atoms with Crippen molar-refractivity contribution in [3.05, 3.63) is 59.2 Å². The molecule has 2 aliphatic heterocycles. The van der Waals surface area contributed by atoms with E-state index in [2.05, 4.69) is 17.1 Å². The number of fused-ring (bicyclic) bond motifs is 2. The molecule has 0 saturated carbocycles. The Kier molecular flexibility index (Phi) is 6.44. The number of hydrogen-bond acceptors (Lipinski definition) is 5. The average molecular weight is 436 g/mol. The molecule has 7 nitrogen and oxygen atoms in total. The van der Waals surface area contributed by atoms with E-state index < -0.39 is 5.97 Å². The molecular weight excluding hydrogens is 406 g/mol. The molecule has 1 atom stereocenters. The maximum atomic E-state index is 13.1. The maximum Gasteiger partial charge on any atom is 0.338 e. The third-order valence-corrected chi connectivity index (χ3v) is 6.11. The van der Waals surface area contributed by atoms with Gasteiger partial charge in [-0.3, -0.25) is 9.59 Å². The number of nitrogens with zero attached hydrogens (tertiary/aromatic N) is 2. The number of ether oxygens (including phenoxy) is 1. The molecule has 7 heteroatoms. The van der Waals surface area contributed by atoms with Crippen molar-refractivity contribution in [3.63, 3.8) is 0 Å². The van der Waals surface area contributed by atoms with Crippen molar-refractivity contribution in [2.45, 2.75) is 45.7 Å². The van der Waals surface area contributed by atoms with Gasteiger partial charge in [-0.25, -0.2) is 4.79 Å². The number of carbonyl (C=O) groups excluding carboxylic acids is 3. The van der Waals surface area contributed by atoms with Crippen molar-refractivity contribution >= 4 is 29.2 Å². The van der Waals surface area contributed by atoms with E-state index in [9.17, 15) is 14.4 Å². The van der Waals surface area contributed by atoms with Gasteiger partial charge in [-0.15, -0.1) is 0 Å². The molecule has 0 unspecified atom stereocenters. The molecule has 4 rings (SSSR count). The minimum Gasteiger partial charge on any atom is -0.462 e. The summed E-state index contributed by atoms with van der Waals surface area (Å²) in [6.07, 6.45) is 4.24. The van der Waals surface area contributed by atoms with Gasteiger partial charge in [0.25, 0.3) is 11.8 Å². The van der Waals surface area contributed by atoms with Crippen LogP contribution in [0.25, 0.3) is 0 Å². The highest BCUT2D eigenvalue weighted by atomic mass is 16.5. The zero-order valence-electron chi connectivity index (χ0n) is 18.6. The highest BCUT2D eigenvalue weighted by molar-refractivity contribution is 6.08. The maximum absolute atomic E-state index is 13.1. The molecule has 32 heavy (non-hydrogen) atoms. The van der Waals surface area contributed by atoms with Crippen molar-refractivity contribution in [1.82, 2.24) is 4.90 Å². The summed E-state index contributed by atoms with van der Waals surface area (Å²) in [4.78, 5) is 42.3. The number of hydrogen-bond donors (Lipinski definition) is 1. The van der Waals surface area contributed by atoms with Crippen molar-refractivity contribution < 1.29 is 19.1 Å². The van der Waals surface area contributed by atoms with Crippen LogP contribution in [-0.4, -0.2) is 48.5 Å². The van der Waals surface area contributed by atoms with Crippen LogP contribution >= 0.6 is 0 Å². The zero-order valence-corrected chi connectivity index (χ0v) is 18.6. The molecule has 168 valence electrons. The minimum atomic E-state index is -0.428. The van der Waals surface area contributed by atoms with Crippen LogP contribution in [0.2, 0.25) is 0 Å². The smallest absolute Gasteiger partial charge is 0.338 e. The standard InChI is InChI=1S/C25H29N3O4/c1-3-27-21-16-17(12-13-20(21)24(30)28-14-7-5-6-11-22(27)28)23(29)26-19-10-8-9-18(15-19)25(31)32-4-2/h8-10,12-13,15-16,22H,3-7,11,14H2,1-2H3,(H,26,29)/t22-/m1/s1. The lowest BCUT2D eigenvalue weighted by molar-refractivity contribution is 0.0525. The second-order valence-corrected chi connectivity index (χ2v) is 8.10. The topological polar surface area (TPSA) is 79.0 Å². The molecule has 2 aromatic carbocycles. The summed E-state index contributed by atoms with van der Waals surface area (Å²) in [5.74, 6) is -0.672. The van der Waals surface area contributed by atoms with Crippen LogP contribution in [0.5, 0.6) is 0 Å². The van der Waals surface area contributed by atoms with Gasteiger partial charge in [-0.05, 0) is 69.5 Å². The van der Waals surface area contributed by atoms with Crippen molar-refractivity contribution in [3.8, 4) is 0 Å². The van der Waals surface area contributed by atoms with Gasteiger partial charge in [-0.1, -0.05) is 12.5 Å². The van der Waals surface area contributed by atoms with Crippen LogP contribution in [0.1, 0.15) is 70.6 Å². The van der Waals surface area contributed by atoms with E-state index in [0.29, 0.717) is 22.4 Å². The van der Waals surface area contributed by atoms with Crippen LogP contribution in [-0.2, 0) is 4.74 Å². The number of rotatable bonds is 5. The fourth-order valence-corrected chi connectivity index (χ4v) is 4.58. The fourth-order valence-electron chi connectivity index (χ4n) is 4.58. The number of nitrogens with one attached hydrogen (secondary N) is 1. The highest BCUT2D eigenvalue weighted by Crippen LogP contribution is 2.35. The minimum absolute atomic E-state index is 0.0436. The van der Waals surface area contributed by atoms with Crippen molar-refractivity contribution in [1.29, 1.82) is 0 Å². The second-order valence-electron chi connectivity index (χ2n) is 8.10. The summed E-state index contributed by atoms with van der Waals surface area (Å²) in [7, 11) is 0. The van der Waals surface area contributed by atoms with Crippen LogP contribution < -0.4 is 10.2 Å². The van der Waals surface area contributed by atoms with Gasteiger partial charge in [0.2, 0.25) is 0 Å². The molecule has 2 amide bonds. The Morgan fingerprint density at radius 1 is 1.06 bits per heavy atom. The van der Waals surface area contributed by atoms with Crippen molar-refractivity contribution in [2.75, 3.05) is 29.9 Å². The lowest BCUT2D eigenvalue weighted by Gasteiger charge is -2.44. The summed E-state index contributed by atoms with van der Waals surface area (Å²) in [5.41, 5.74) is 2.82. The molecule has 1 saturated heterocycles. The molecule has 2 heterocycles. The third-order valence-electron chi connectivity index (χ3n) is 6.11. The highest BCUT2D eigenvalue weighted by Gasteiger charge is 2.37. The Morgan fingerprint density at radius 3 is 2.69 bits per heavy atom. The van der Waals surface area contributed by atoms with Gasteiger partial charge in [-0.2, -0.15) is 0 Å². The number of amides is 2. The molecule has 0 radical (unpaired) electrons. The largest absolute Gasteiger partial charge is 0.462 e. The first kappa shape index (κ1) is 21.9. The Balaban J connectivity index is 1.59. The van der Waals surface area contributed by atoms with E-state index in [1.165, 1.54) is 0 Å². The predicted molar refractivity (Wildman–Crippen MR) is 123 cm³/mol. The first-order chi connectivity index (χ1) is 15.5. The Bertz CT molecular complexity index is 1040. The summed E-state index contributed by atoms with van der Waals surface area (Å²) >= 11 is 0. The van der Waals surface area contributed by atoms with Gasteiger partial charge < -0.3 is 19.9 Å². The third kappa shape index (κ3) is 4.20. The van der Waals surface area contributed by atoms with Crippen LogP contribution in [0.3, 0.4) is 0 Å². The van der Waals surface area contributed by atoms with Gasteiger partial charge in [0.15, 0.2) is 0 Å². The van der Waals surface area contributed by atoms with E-state index in [-0.39, 0.29) is 24.6 Å². The normalized spacial score (nSPS) is 17.8. The molecule has 2 aliphatic rings. The van der Waals surface area contributed by atoms with Crippen molar-refractivity contribution in [2.24, 2.45) is 0 Å². The fraction of sp³-hybridized carbons (Fsp3) is 0.400. The summed E-state index contributed by atoms with van der Waals surface area (Å²) < 4.78 is 5.03.